The minimum absolute atomic E-state index is 0.0362. The van der Waals surface area contributed by atoms with Crippen molar-refractivity contribution in [3.05, 3.63) is 29.8 Å². The molecule has 4 saturated heterocycles. The largest absolute Gasteiger partial charge is 0.507 e. The van der Waals surface area contributed by atoms with Crippen LogP contribution in [0.2, 0.25) is 0 Å². The predicted octanol–water partition coefficient (Wildman–Crippen LogP) is -1.65. The number of rotatable bonds is 6. The van der Waals surface area contributed by atoms with Crippen LogP contribution in [0.5, 0.6) is 5.75 Å². The first-order valence-corrected chi connectivity index (χ1v) is 11.5. The van der Waals surface area contributed by atoms with Crippen molar-refractivity contribution < 1.29 is 59.1 Å². The lowest BCUT2D eigenvalue weighted by Crippen LogP contribution is -2.80. The van der Waals surface area contributed by atoms with Crippen LogP contribution in [0.4, 0.5) is 0 Å². The minimum atomic E-state index is -1.65. The van der Waals surface area contributed by atoms with Crippen molar-refractivity contribution in [2.24, 2.45) is 11.3 Å². The fraction of sp³-hybridized carbons (Fsp3) is 0.696. The molecular weight excluding hydrogens is 468 g/mol. The Morgan fingerprint density at radius 2 is 1.89 bits per heavy atom. The first kappa shape index (κ1) is 23.5. The van der Waals surface area contributed by atoms with Gasteiger partial charge < -0.3 is 54.3 Å². The van der Waals surface area contributed by atoms with E-state index in [0.717, 1.165) is 0 Å². The SMILES string of the molecule is CC12CC3(O)OC(O1)C1(COC(=O)c4ccccc4O)C3CC21OC1OC(CO)C(O)C(O)C1O. The Hall–Kier alpha value is -1.87. The van der Waals surface area contributed by atoms with Crippen molar-refractivity contribution >= 4 is 5.97 Å². The molecule has 7 aliphatic rings. The van der Waals surface area contributed by atoms with Gasteiger partial charge in [0.15, 0.2) is 18.4 Å². The molecular formula is C23H28O12. The first-order chi connectivity index (χ1) is 16.5. The van der Waals surface area contributed by atoms with Gasteiger partial charge in [-0.2, -0.15) is 0 Å². The van der Waals surface area contributed by atoms with Crippen LogP contribution in [-0.2, 0) is 23.7 Å². The standard InChI is InChI=1S/C23H28O12/c1-20-8-22(30)13-6-23(20,33-18-16(28)15(27)14(26)12(7-24)32-18)21(13,19(34-20)35-22)9-31-17(29)10-4-2-3-5-11(10)25/h2-5,12-16,18-19,24-28,30H,6-9H2,1H3. The molecule has 4 aliphatic heterocycles. The molecule has 6 bridgehead atoms. The molecule has 1 aromatic rings. The third kappa shape index (κ3) is 2.74. The molecule has 3 aliphatic carbocycles. The number of hydrogen-bond donors (Lipinski definition) is 6. The van der Waals surface area contributed by atoms with E-state index in [1.807, 2.05) is 0 Å². The highest BCUT2D eigenvalue weighted by atomic mass is 16.8. The van der Waals surface area contributed by atoms with Crippen molar-refractivity contribution in [2.75, 3.05) is 13.2 Å². The molecule has 35 heavy (non-hydrogen) atoms. The second kappa shape index (κ2) is 7.34. The molecule has 4 heterocycles. The molecule has 6 N–H and O–H groups in total. The molecule has 0 radical (unpaired) electrons. The van der Waals surface area contributed by atoms with Gasteiger partial charge in [0.1, 0.15) is 53.5 Å². The molecule has 7 fully saturated rings. The molecule has 0 spiro atoms. The van der Waals surface area contributed by atoms with Gasteiger partial charge in [-0.1, -0.05) is 12.1 Å². The maximum absolute atomic E-state index is 12.8. The molecule has 12 nitrogen and oxygen atoms in total. The van der Waals surface area contributed by atoms with Gasteiger partial charge in [0, 0.05) is 12.3 Å². The van der Waals surface area contributed by atoms with E-state index in [0.29, 0.717) is 0 Å². The average Bonchev–Trinajstić information content (AvgIpc) is 3.00. The lowest BCUT2D eigenvalue weighted by atomic mass is 9.41. The number of phenols is 1. The summed E-state index contributed by atoms with van der Waals surface area (Å²) in [5.41, 5.74) is -3.59. The number of carbonyl (C=O) groups excluding carboxylic acids is 1. The zero-order chi connectivity index (χ0) is 25.0. The smallest absolute Gasteiger partial charge is 0.341 e. The molecule has 11 unspecified atom stereocenters. The summed E-state index contributed by atoms with van der Waals surface area (Å²) in [7, 11) is 0. The second-order valence-corrected chi connectivity index (χ2v) is 10.4. The Labute approximate surface area is 199 Å². The summed E-state index contributed by atoms with van der Waals surface area (Å²) in [6, 6.07) is 5.92. The summed E-state index contributed by atoms with van der Waals surface area (Å²) in [4.78, 5) is 12.8. The molecule has 0 amide bonds. The van der Waals surface area contributed by atoms with Gasteiger partial charge in [0.25, 0.3) is 0 Å². The average molecular weight is 496 g/mol. The molecule has 1 aromatic carbocycles. The molecule has 3 saturated carbocycles. The van der Waals surface area contributed by atoms with Crippen molar-refractivity contribution in [1.29, 1.82) is 0 Å². The highest BCUT2D eigenvalue weighted by Crippen LogP contribution is 2.81. The summed E-state index contributed by atoms with van der Waals surface area (Å²) < 4.78 is 29.5. The molecule has 12 heteroatoms. The maximum atomic E-state index is 12.8. The number of aromatic hydroxyl groups is 1. The molecule has 8 rings (SSSR count). The number of aliphatic hydroxyl groups is 5. The van der Waals surface area contributed by atoms with Crippen molar-refractivity contribution in [3.8, 4) is 5.75 Å². The third-order valence-electron chi connectivity index (χ3n) is 8.69. The number of ether oxygens (including phenoxy) is 5. The Kier molecular flexibility index (Phi) is 4.93. The van der Waals surface area contributed by atoms with Crippen LogP contribution in [0.3, 0.4) is 0 Å². The van der Waals surface area contributed by atoms with E-state index >= 15 is 0 Å². The van der Waals surface area contributed by atoms with Crippen LogP contribution < -0.4 is 0 Å². The highest BCUT2D eigenvalue weighted by molar-refractivity contribution is 5.92. The number of aliphatic hydroxyl groups excluding tert-OH is 4. The van der Waals surface area contributed by atoms with E-state index in [-0.39, 0.29) is 30.8 Å². The van der Waals surface area contributed by atoms with Crippen molar-refractivity contribution in [3.63, 3.8) is 0 Å². The molecule has 11 atom stereocenters. The van der Waals surface area contributed by atoms with Crippen LogP contribution in [0.1, 0.15) is 30.1 Å². The molecule has 0 aromatic heterocycles. The van der Waals surface area contributed by atoms with E-state index in [9.17, 15) is 35.4 Å². The van der Waals surface area contributed by atoms with Crippen LogP contribution in [0, 0.1) is 11.3 Å². The van der Waals surface area contributed by atoms with Gasteiger partial charge in [-0.25, -0.2) is 4.79 Å². The number of phenolic OH excluding ortho intramolecular Hbond substituents is 1. The maximum Gasteiger partial charge on any atom is 0.341 e. The summed E-state index contributed by atoms with van der Waals surface area (Å²) in [6.07, 6.45) is -8.19. The van der Waals surface area contributed by atoms with Gasteiger partial charge in [-0.05, 0) is 25.5 Å². The Balaban J connectivity index is 1.32. The highest BCUT2D eigenvalue weighted by Gasteiger charge is 2.94. The lowest BCUT2D eigenvalue weighted by Gasteiger charge is -2.67. The van der Waals surface area contributed by atoms with Gasteiger partial charge in [-0.15, -0.1) is 0 Å². The topological polar surface area (TPSA) is 185 Å². The zero-order valence-corrected chi connectivity index (χ0v) is 18.8. The third-order valence-corrected chi connectivity index (χ3v) is 8.69. The molecule has 192 valence electrons. The lowest BCUT2D eigenvalue weighted by molar-refractivity contribution is -0.424. The number of benzene rings is 1. The normalized spacial score (nSPS) is 51.3. The summed E-state index contributed by atoms with van der Waals surface area (Å²) >= 11 is 0. The Morgan fingerprint density at radius 1 is 1.14 bits per heavy atom. The van der Waals surface area contributed by atoms with Crippen LogP contribution in [0.25, 0.3) is 0 Å². The second-order valence-electron chi connectivity index (χ2n) is 10.4. The van der Waals surface area contributed by atoms with Gasteiger partial charge in [0.05, 0.1) is 12.0 Å². The number of hydrogen-bond acceptors (Lipinski definition) is 12. The number of esters is 1. The quantitative estimate of drug-likeness (QED) is 0.247. The van der Waals surface area contributed by atoms with Crippen molar-refractivity contribution in [2.45, 2.75) is 73.8 Å². The minimum Gasteiger partial charge on any atom is -0.507 e. The summed E-state index contributed by atoms with van der Waals surface area (Å²) in [5, 5.41) is 61.7. The van der Waals surface area contributed by atoms with E-state index < -0.39 is 77.9 Å². The number of carbonyl (C=O) groups is 1. The van der Waals surface area contributed by atoms with E-state index in [2.05, 4.69) is 0 Å². The monoisotopic (exact) mass is 496 g/mol. The van der Waals surface area contributed by atoms with E-state index in [1.165, 1.54) is 12.1 Å². The van der Waals surface area contributed by atoms with E-state index in [1.54, 1.807) is 19.1 Å². The predicted molar refractivity (Wildman–Crippen MR) is 110 cm³/mol. The van der Waals surface area contributed by atoms with Crippen LogP contribution in [0.15, 0.2) is 24.3 Å². The van der Waals surface area contributed by atoms with Crippen LogP contribution >= 0.6 is 0 Å². The van der Waals surface area contributed by atoms with Gasteiger partial charge in [0.2, 0.25) is 0 Å². The zero-order valence-electron chi connectivity index (χ0n) is 18.8. The van der Waals surface area contributed by atoms with Crippen molar-refractivity contribution in [1.82, 2.24) is 0 Å². The Bertz CT molecular complexity index is 1050. The van der Waals surface area contributed by atoms with Gasteiger partial charge in [-0.3, -0.25) is 0 Å². The number of para-hydroxylation sites is 1. The summed E-state index contributed by atoms with van der Waals surface area (Å²) in [6.45, 7) is 0.813. The summed E-state index contributed by atoms with van der Waals surface area (Å²) in [5.74, 6) is -3.09. The first-order valence-electron chi connectivity index (χ1n) is 11.5. The fourth-order valence-electron chi connectivity index (χ4n) is 6.94. The van der Waals surface area contributed by atoms with E-state index in [4.69, 9.17) is 23.7 Å². The van der Waals surface area contributed by atoms with Crippen LogP contribution in [-0.4, -0.2) is 104 Å². The fourth-order valence-corrected chi connectivity index (χ4v) is 6.94. The Morgan fingerprint density at radius 3 is 2.60 bits per heavy atom. The van der Waals surface area contributed by atoms with Gasteiger partial charge >= 0.3 is 5.97 Å².